The van der Waals surface area contributed by atoms with Crippen LogP contribution in [0, 0.1) is 0 Å². The van der Waals surface area contributed by atoms with E-state index in [0.29, 0.717) is 0 Å². The maximum Gasteiger partial charge on any atom is 0.187 e. The standard InChI is InChI=1S/2Al.2Mn.2Zn.6H. The summed E-state index contributed by atoms with van der Waals surface area (Å²) < 4.78 is 0. The van der Waals surface area contributed by atoms with E-state index < -0.39 is 0 Å². The average molecular weight is 301 g/mol. The second-order valence-corrected chi connectivity index (χ2v) is 0. The van der Waals surface area contributed by atoms with E-state index in [1.54, 1.807) is 0 Å². The molecule has 0 unspecified atom stereocenters. The molecule has 0 aliphatic heterocycles. The molecule has 0 amide bonds. The number of rotatable bonds is 0. The van der Waals surface area contributed by atoms with Gasteiger partial charge in [0.25, 0.3) is 0 Å². The van der Waals surface area contributed by atoms with Crippen molar-refractivity contribution < 1.29 is 73.1 Å². The molecule has 0 atom stereocenters. The van der Waals surface area contributed by atoms with Crippen molar-refractivity contribution in [2.45, 2.75) is 0 Å². The maximum absolute atomic E-state index is 0. The first-order valence-electron chi connectivity index (χ1n) is 0. The van der Waals surface area contributed by atoms with Gasteiger partial charge in [-0.2, -0.15) is 0 Å². The average Bonchev–Trinajstić information content (AvgIpc) is 0. The Hall–Kier alpha value is 3.35. The number of hydrogen-bond acceptors (Lipinski definition) is 0. The molecule has 0 saturated carbocycles. The first-order valence-corrected chi connectivity index (χ1v) is 0. The zero-order valence-corrected chi connectivity index (χ0v) is 10.5. The van der Waals surface area contributed by atoms with Gasteiger partial charge in [0.15, 0.2) is 34.7 Å². The van der Waals surface area contributed by atoms with E-state index in [2.05, 4.69) is 0 Å². The second-order valence-electron chi connectivity index (χ2n) is 0. The molecule has 0 aliphatic carbocycles. The van der Waals surface area contributed by atoms with Crippen LogP contribution in [0.4, 0.5) is 0 Å². The molecule has 0 nitrogen and oxygen atoms in total. The fourth-order valence-electron chi connectivity index (χ4n) is 0. The van der Waals surface area contributed by atoms with Crippen molar-refractivity contribution in [3.8, 4) is 0 Å². The van der Waals surface area contributed by atoms with Crippen LogP contribution in [0.15, 0.2) is 0 Å². The Kier molecular flexibility index (Phi) is 389. The molecule has 0 heterocycles. The van der Waals surface area contributed by atoms with E-state index in [1.807, 2.05) is 0 Å². The Balaban J connectivity index is 0. The van der Waals surface area contributed by atoms with Crippen LogP contribution in [0.25, 0.3) is 0 Å². The van der Waals surface area contributed by atoms with Gasteiger partial charge < -0.3 is 0 Å². The largest absolute Gasteiger partial charge is 0.187 e. The summed E-state index contributed by atoms with van der Waals surface area (Å²) in [6, 6.07) is 0. The quantitative estimate of drug-likeness (QED) is 0.439. The van der Waals surface area contributed by atoms with Crippen molar-refractivity contribution in [2.75, 3.05) is 0 Å². The minimum Gasteiger partial charge on any atom is 0 e. The van der Waals surface area contributed by atoms with Gasteiger partial charge in [-0.1, -0.05) is 0 Å². The molecule has 0 N–H and O–H groups in total. The summed E-state index contributed by atoms with van der Waals surface area (Å²) in [6.45, 7) is 0. The van der Waals surface area contributed by atoms with Crippen molar-refractivity contribution in [3.05, 3.63) is 0 Å². The predicted molar refractivity (Wildman–Crippen MR) is 19.9 cm³/mol. The molecule has 2 radical (unpaired) electrons. The van der Waals surface area contributed by atoms with Gasteiger partial charge in [0.05, 0.1) is 0 Å². The molecule has 0 aromatic carbocycles. The molecule has 0 saturated heterocycles. The zero-order chi connectivity index (χ0) is 0. The monoisotopic (exact) mass is 298 g/mol. The molecular formula is H6Al2Mn2Zn2. The Morgan fingerprint density at radius 2 is 0.500 bits per heavy atom. The maximum atomic E-state index is 0. The summed E-state index contributed by atoms with van der Waals surface area (Å²) in [5, 5.41) is 0. The van der Waals surface area contributed by atoms with E-state index in [-0.39, 0.29) is 108 Å². The minimum atomic E-state index is 0. The van der Waals surface area contributed by atoms with Gasteiger partial charge in [0, 0.05) is 73.1 Å². The molecule has 0 aromatic heterocycles. The van der Waals surface area contributed by atoms with Gasteiger partial charge in [-0.05, 0) is 0 Å². The summed E-state index contributed by atoms with van der Waals surface area (Å²) in [5.74, 6) is 0. The molecule has 6 heavy (non-hydrogen) atoms. The molecule has 6 heteroatoms. The SMILES string of the molecule is [AlH3].[AlH3].[Mn].[Mn].[Zn].[Zn]. The fourth-order valence-corrected chi connectivity index (χ4v) is 0. The molecular weight excluding hydrogens is 295 g/mol. The van der Waals surface area contributed by atoms with Gasteiger partial charge >= 0.3 is 0 Å². The van der Waals surface area contributed by atoms with Crippen LogP contribution in [-0.2, 0) is 73.1 Å². The van der Waals surface area contributed by atoms with Crippen molar-refractivity contribution >= 4 is 34.7 Å². The van der Waals surface area contributed by atoms with E-state index in [0.717, 1.165) is 0 Å². The van der Waals surface area contributed by atoms with Crippen LogP contribution < -0.4 is 0 Å². The van der Waals surface area contributed by atoms with E-state index in [1.165, 1.54) is 0 Å². The normalized spacial score (nSPS) is 0. The van der Waals surface area contributed by atoms with E-state index >= 15 is 0 Å². The summed E-state index contributed by atoms with van der Waals surface area (Å²) in [4.78, 5) is 0. The summed E-state index contributed by atoms with van der Waals surface area (Å²) in [5.41, 5.74) is 0. The molecule has 0 fully saturated rings. The summed E-state index contributed by atoms with van der Waals surface area (Å²) in [6.07, 6.45) is 0. The third-order valence-corrected chi connectivity index (χ3v) is 0. The Morgan fingerprint density at radius 3 is 0.500 bits per heavy atom. The van der Waals surface area contributed by atoms with Crippen LogP contribution >= 0.6 is 0 Å². The van der Waals surface area contributed by atoms with Crippen molar-refractivity contribution in [3.63, 3.8) is 0 Å². The molecule has 0 bridgehead atoms. The summed E-state index contributed by atoms with van der Waals surface area (Å²) in [7, 11) is 0. The smallest absolute Gasteiger partial charge is 0 e. The third kappa shape index (κ3) is 26.4. The van der Waals surface area contributed by atoms with Crippen LogP contribution in [0.5, 0.6) is 0 Å². The minimum absolute atomic E-state index is 0. The number of hydrogen-bond donors (Lipinski definition) is 0. The third-order valence-electron chi connectivity index (χ3n) is 0. The Labute approximate surface area is 106 Å². The van der Waals surface area contributed by atoms with Crippen molar-refractivity contribution in [1.82, 2.24) is 0 Å². The van der Waals surface area contributed by atoms with Gasteiger partial charge in [-0.15, -0.1) is 0 Å². The van der Waals surface area contributed by atoms with Gasteiger partial charge in [0.1, 0.15) is 0 Å². The van der Waals surface area contributed by atoms with Crippen LogP contribution in [0.3, 0.4) is 0 Å². The first kappa shape index (κ1) is 58.1. The van der Waals surface area contributed by atoms with Crippen LogP contribution in [0.1, 0.15) is 0 Å². The molecule has 0 spiro atoms. The Bertz CT molecular complexity index is 9.51. The topological polar surface area (TPSA) is 0 Å². The fraction of sp³-hybridized carbons (Fsp3) is 0. The second kappa shape index (κ2) is 40.2. The summed E-state index contributed by atoms with van der Waals surface area (Å²) >= 11 is 0. The van der Waals surface area contributed by atoms with Gasteiger partial charge in [-0.25, -0.2) is 0 Å². The molecule has 30 valence electrons. The first-order chi connectivity index (χ1) is 0. The van der Waals surface area contributed by atoms with Crippen LogP contribution in [0.2, 0.25) is 0 Å². The van der Waals surface area contributed by atoms with Crippen molar-refractivity contribution in [1.29, 1.82) is 0 Å². The van der Waals surface area contributed by atoms with Gasteiger partial charge in [0.2, 0.25) is 0 Å². The predicted octanol–water partition coefficient (Wildman–Crippen LogP) is -2.38. The van der Waals surface area contributed by atoms with Crippen molar-refractivity contribution in [2.24, 2.45) is 0 Å². The molecule has 0 rings (SSSR count). The zero-order valence-electron chi connectivity index (χ0n) is 2.17. The molecule has 0 aromatic rings. The van der Waals surface area contributed by atoms with Crippen LogP contribution in [-0.4, -0.2) is 34.7 Å². The van der Waals surface area contributed by atoms with E-state index in [4.69, 9.17) is 0 Å². The van der Waals surface area contributed by atoms with E-state index in [9.17, 15) is 0 Å². The van der Waals surface area contributed by atoms with Gasteiger partial charge in [-0.3, -0.25) is 0 Å². The Morgan fingerprint density at radius 1 is 0.500 bits per heavy atom. The molecule has 0 aliphatic rings.